The molecule has 0 spiro atoms. The number of allylic oxidation sites excluding steroid dienone is 1. The number of nitrogens with zero attached hydrogens (tertiary/aromatic N) is 1. The van der Waals surface area contributed by atoms with Crippen molar-refractivity contribution in [3.8, 4) is 11.1 Å². The molecule has 0 saturated heterocycles. The molecule has 0 aliphatic heterocycles. The highest BCUT2D eigenvalue weighted by Crippen LogP contribution is 2.37. The molecule has 0 N–H and O–H groups in total. The molecule has 0 saturated carbocycles. The molecule has 0 aromatic heterocycles. The predicted molar refractivity (Wildman–Crippen MR) is 95.8 cm³/mol. The summed E-state index contributed by atoms with van der Waals surface area (Å²) < 4.78 is 0. The van der Waals surface area contributed by atoms with Crippen molar-refractivity contribution in [2.75, 3.05) is 0 Å². The lowest BCUT2D eigenvalue weighted by molar-refractivity contribution is -0.384. The van der Waals surface area contributed by atoms with E-state index in [1.165, 1.54) is 22.3 Å². The molecule has 1 aliphatic rings. The second kappa shape index (κ2) is 5.78. The van der Waals surface area contributed by atoms with Crippen LogP contribution in [0.25, 0.3) is 16.7 Å². The first kappa shape index (κ1) is 14.4. The van der Waals surface area contributed by atoms with Crippen LogP contribution in [0.3, 0.4) is 0 Å². The zero-order valence-electron chi connectivity index (χ0n) is 13.0. The van der Waals surface area contributed by atoms with E-state index in [0.29, 0.717) is 5.56 Å². The van der Waals surface area contributed by atoms with Gasteiger partial charge in [-0.1, -0.05) is 60.7 Å². The van der Waals surface area contributed by atoms with Gasteiger partial charge in [0.15, 0.2) is 0 Å². The fourth-order valence-corrected chi connectivity index (χ4v) is 3.28. The van der Waals surface area contributed by atoms with Gasteiger partial charge in [-0.2, -0.15) is 0 Å². The summed E-state index contributed by atoms with van der Waals surface area (Å²) in [5.74, 6) is 0. The molecular formula is C21H15NO2. The topological polar surface area (TPSA) is 43.1 Å². The van der Waals surface area contributed by atoms with Gasteiger partial charge in [-0.3, -0.25) is 10.1 Å². The Bertz CT molecular complexity index is 959. The van der Waals surface area contributed by atoms with Crippen LogP contribution in [0.2, 0.25) is 0 Å². The van der Waals surface area contributed by atoms with Crippen molar-refractivity contribution in [2.45, 2.75) is 6.42 Å². The summed E-state index contributed by atoms with van der Waals surface area (Å²) in [6, 6.07) is 23.3. The number of fused-ring (bicyclic) bond motifs is 1. The molecule has 0 bridgehead atoms. The Morgan fingerprint density at radius 3 is 2.33 bits per heavy atom. The summed E-state index contributed by atoms with van der Waals surface area (Å²) in [6.07, 6.45) is 3.08. The first-order valence-corrected chi connectivity index (χ1v) is 7.87. The molecular weight excluding hydrogens is 298 g/mol. The van der Waals surface area contributed by atoms with E-state index in [1.54, 1.807) is 18.2 Å². The molecule has 0 amide bonds. The molecule has 3 aromatic carbocycles. The Balaban J connectivity index is 1.77. The van der Waals surface area contributed by atoms with Gasteiger partial charge in [-0.15, -0.1) is 0 Å². The molecule has 24 heavy (non-hydrogen) atoms. The van der Waals surface area contributed by atoms with E-state index in [9.17, 15) is 10.1 Å². The quantitative estimate of drug-likeness (QED) is 0.489. The number of para-hydroxylation sites is 1. The van der Waals surface area contributed by atoms with E-state index in [0.717, 1.165) is 12.0 Å². The molecule has 0 heterocycles. The highest BCUT2D eigenvalue weighted by atomic mass is 16.6. The number of hydrogen-bond donors (Lipinski definition) is 0. The summed E-state index contributed by atoms with van der Waals surface area (Å²) in [4.78, 5) is 10.9. The van der Waals surface area contributed by atoms with Crippen LogP contribution in [0.4, 0.5) is 5.69 Å². The third-order valence-electron chi connectivity index (χ3n) is 4.42. The lowest BCUT2D eigenvalue weighted by atomic mass is 9.95. The highest BCUT2D eigenvalue weighted by molar-refractivity contribution is 5.86. The Morgan fingerprint density at radius 1 is 0.792 bits per heavy atom. The van der Waals surface area contributed by atoms with Gasteiger partial charge in [-0.05, 0) is 46.4 Å². The lowest BCUT2D eigenvalue weighted by Gasteiger charge is -2.09. The summed E-state index contributed by atoms with van der Waals surface area (Å²) in [6.45, 7) is 0. The number of nitro groups is 1. The maximum Gasteiger partial charge on any atom is 0.277 e. The standard InChI is InChI=1S/C21H15NO2/c23-22(24)21-9-5-4-8-20(21)17-11-13-19-16(14-17)10-12-18(19)15-6-2-1-3-7-15/h1-9,11-14H,10H2. The first-order chi connectivity index (χ1) is 11.7. The molecule has 1 aliphatic carbocycles. The van der Waals surface area contributed by atoms with Gasteiger partial charge in [0.1, 0.15) is 0 Å². The maximum atomic E-state index is 11.3. The summed E-state index contributed by atoms with van der Waals surface area (Å²) in [7, 11) is 0. The van der Waals surface area contributed by atoms with Crippen molar-refractivity contribution < 1.29 is 4.92 Å². The van der Waals surface area contributed by atoms with Gasteiger partial charge in [-0.25, -0.2) is 0 Å². The minimum atomic E-state index is -0.323. The average Bonchev–Trinajstić information content (AvgIpc) is 3.05. The SMILES string of the molecule is O=[N+]([O-])c1ccccc1-c1ccc2c(c1)CC=C2c1ccccc1. The minimum absolute atomic E-state index is 0.145. The highest BCUT2D eigenvalue weighted by Gasteiger charge is 2.19. The van der Waals surface area contributed by atoms with Gasteiger partial charge < -0.3 is 0 Å². The van der Waals surface area contributed by atoms with Crippen LogP contribution in [0.5, 0.6) is 0 Å². The molecule has 0 radical (unpaired) electrons. The zero-order valence-corrected chi connectivity index (χ0v) is 13.0. The Labute approximate surface area is 140 Å². The first-order valence-electron chi connectivity index (χ1n) is 7.87. The van der Waals surface area contributed by atoms with Crippen LogP contribution in [-0.4, -0.2) is 4.92 Å². The second-order valence-corrected chi connectivity index (χ2v) is 5.83. The van der Waals surface area contributed by atoms with Crippen LogP contribution in [0.15, 0.2) is 78.9 Å². The smallest absolute Gasteiger partial charge is 0.258 e. The normalized spacial score (nSPS) is 12.6. The van der Waals surface area contributed by atoms with Gasteiger partial charge >= 0.3 is 0 Å². The third-order valence-corrected chi connectivity index (χ3v) is 4.42. The Kier molecular flexibility index (Phi) is 3.47. The molecule has 0 unspecified atom stereocenters. The van der Waals surface area contributed by atoms with E-state index >= 15 is 0 Å². The third kappa shape index (κ3) is 2.40. The molecule has 3 aromatic rings. The molecule has 116 valence electrons. The average molecular weight is 313 g/mol. The summed E-state index contributed by atoms with van der Waals surface area (Å²) in [5.41, 5.74) is 6.57. The second-order valence-electron chi connectivity index (χ2n) is 5.83. The monoisotopic (exact) mass is 313 g/mol. The van der Waals surface area contributed by atoms with E-state index in [2.05, 4.69) is 30.3 Å². The number of nitro benzene ring substituents is 1. The predicted octanol–water partition coefficient (Wildman–Crippen LogP) is 5.25. The van der Waals surface area contributed by atoms with Crippen molar-refractivity contribution >= 4 is 11.3 Å². The van der Waals surface area contributed by atoms with Crippen molar-refractivity contribution in [3.05, 3.63) is 106 Å². The van der Waals surface area contributed by atoms with Crippen LogP contribution < -0.4 is 0 Å². The van der Waals surface area contributed by atoms with Crippen molar-refractivity contribution in [3.63, 3.8) is 0 Å². The Morgan fingerprint density at radius 2 is 1.54 bits per heavy atom. The fourth-order valence-electron chi connectivity index (χ4n) is 3.28. The van der Waals surface area contributed by atoms with E-state index in [-0.39, 0.29) is 10.6 Å². The van der Waals surface area contributed by atoms with E-state index in [4.69, 9.17) is 0 Å². The summed E-state index contributed by atoms with van der Waals surface area (Å²) >= 11 is 0. The molecule has 3 heteroatoms. The number of hydrogen-bond acceptors (Lipinski definition) is 2. The zero-order chi connectivity index (χ0) is 16.5. The van der Waals surface area contributed by atoms with Crippen molar-refractivity contribution in [1.82, 2.24) is 0 Å². The van der Waals surface area contributed by atoms with E-state index < -0.39 is 0 Å². The fraction of sp³-hybridized carbons (Fsp3) is 0.0476. The molecule has 3 nitrogen and oxygen atoms in total. The van der Waals surface area contributed by atoms with Gasteiger partial charge in [0.2, 0.25) is 0 Å². The molecule has 4 rings (SSSR count). The van der Waals surface area contributed by atoms with Gasteiger partial charge in [0.25, 0.3) is 5.69 Å². The number of benzene rings is 3. The van der Waals surface area contributed by atoms with Gasteiger partial charge in [0, 0.05) is 6.07 Å². The Hall–Kier alpha value is -3.20. The largest absolute Gasteiger partial charge is 0.277 e. The van der Waals surface area contributed by atoms with E-state index in [1.807, 2.05) is 30.3 Å². The van der Waals surface area contributed by atoms with Gasteiger partial charge in [0.05, 0.1) is 10.5 Å². The van der Waals surface area contributed by atoms with Crippen molar-refractivity contribution in [2.24, 2.45) is 0 Å². The maximum absolute atomic E-state index is 11.3. The molecule has 0 atom stereocenters. The van der Waals surface area contributed by atoms with Crippen LogP contribution in [0, 0.1) is 10.1 Å². The van der Waals surface area contributed by atoms with Crippen LogP contribution in [0.1, 0.15) is 16.7 Å². The number of rotatable bonds is 3. The minimum Gasteiger partial charge on any atom is -0.258 e. The van der Waals surface area contributed by atoms with Crippen LogP contribution in [-0.2, 0) is 6.42 Å². The van der Waals surface area contributed by atoms with Crippen LogP contribution >= 0.6 is 0 Å². The lowest BCUT2D eigenvalue weighted by Crippen LogP contribution is -1.93. The molecule has 0 fully saturated rings. The summed E-state index contributed by atoms with van der Waals surface area (Å²) in [5, 5.41) is 11.3. The van der Waals surface area contributed by atoms with Crippen molar-refractivity contribution in [1.29, 1.82) is 0 Å².